The standard InChI is InChI=1S/C21H33N5O.HI/c1-22-21(24-18-8-4-2-5-9-18)23-13-12-20(27)26-16-14-25(15-17-26)19-10-6-3-7-11-19;/h3,6-7,10-11,18H,2,4-5,8-9,12-17H2,1H3,(H2,22,23,24);1H. The summed E-state index contributed by atoms with van der Waals surface area (Å²) < 4.78 is 0. The van der Waals surface area contributed by atoms with Crippen LogP contribution in [0.2, 0.25) is 0 Å². The van der Waals surface area contributed by atoms with Crippen molar-refractivity contribution in [3.05, 3.63) is 30.3 Å². The third-order valence-electron chi connectivity index (χ3n) is 5.55. The Morgan fingerprint density at radius 1 is 1.07 bits per heavy atom. The van der Waals surface area contributed by atoms with Crippen molar-refractivity contribution in [1.82, 2.24) is 15.5 Å². The zero-order valence-electron chi connectivity index (χ0n) is 16.9. The SMILES string of the molecule is CN=C(NCCC(=O)N1CCN(c2ccccc2)CC1)NC1CCCCC1.I. The number of para-hydroxylation sites is 1. The van der Waals surface area contributed by atoms with Crippen LogP contribution in [0.1, 0.15) is 38.5 Å². The van der Waals surface area contributed by atoms with Gasteiger partial charge in [-0.05, 0) is 25.0 Å². The van der Waals surface area contributed by atoms with Crippen LogP contribution in [0, 0.1) is 0 Å². The number of amides is 1. The number of hydrogen-bond donors (Lipinski definition) is 2. The van der Waals surface area contributed by atoms with Crippen LogP contribution in [0.25, 0.3) is 0 Å². The van der Waals surface area contributed by atoms with Crippen LogP contribution in [-0.4, -0.2) is 62.6 Å². The molecule has 0 unspecified atom stereocenters. The molecule has 156 valence electrons. The van der Waals surface area contributed by atoms with Crippen LogP contribution < -0.4 is 15.5 Å². The van der Waals surface area contributed by atoms with E-state index in [1.54, 1.807) is 7.05 Å². The van der Waals surface area contributed by atoms with E-state index in [1.165, 1.54) is 37.8 Å². The largest absolute Gasteiger partial charge is 0.368 e. The molecule has 2 fully saturated rings. The van der Waals surface area contributed by atoms with Crippen LogP contribution in [0.3, 0.4) is 0 Å². The van der Waals surface area contributed by atoms with E-state index in [4.69, 9.17) is 0 Å². The van der Waals surface area contributed by atoms with E-state index in [-0.39, 0.29) is 29.9 Å². The molecule has 0 atom stereocenters. The predicted molar refractivity (Wildman–Crippen MR) is 127 cm³/mol. The number of benzene rings is 1. The minimum absolute atomic E-state index is 0. The molecule has 0 aromatic heterocycles. The predicted octanol–water partition coefficient (Wildman–Crippen LogP) is 2.84. The van der Waals surface area contributed by atoms with Gasteiger partial charge in [-0.25, -0.2) is 0 Å². The molecular weight excluding hydrogens is 465 g/mol. The Bertz CT molecular complexity index is 610. The number of nitrogens with one attached hydrogen (secondary N) is 2. The quantitative estimate of drug-likeness (QED) is 0.372. The van der Waals surface area contributed by atoms with Gasteiger partial charge in [0.15, 0.2) is 5.96 Å². The maximum Gasteiger partial charge on any atom is 0.224 e. The number of anilines is 1. The van der Waals surface area contributed by atoms with Crippen LogP contribution in [-0.2, 0) is 4.79 Å². The highest BCUT2D eigenvalue weighted by molar-refractivity contribution is 14.0. The normalized spacial score (nSPS) is 18.4. The molecule has 0 spiro atoms. The second-order valence-electron chi connectivity index (χ2n) is 7.43. The van der Waals surface area contributed by atoms with Crippen LogP contribution >= 0.6 is 24.0 Å². The lowest BCUT2D eigenvalue weighted by Gasteiger charge is -2.36. The minimum atomic E-state index is 0. The Morgan fingerprint density at radius 3 is 2.39 bits per heavy atom. The molecule has 1 aromatic carbocycles. The molecule has 2 N–H and O–H groups in total. The molecular formula is C21H34IN5O. The first kappa shape index (κ1) is 22.8. The number of rotatable bonds is 5. The van der Waals surface area contributed by atoms with Crippen molar-refractivity contribution in [2.45, 2.75) is 44.6 Å². The second-order valence-corrected chi connectivity index (χ2v) is 7.43. The lowest BCUT2D eigenvalue weighted by Crippen LogP contribution is -2.50. The van der Waals surface area contributed by atoms with Gasteiger partial charge < -0.3 is 20.4 Å². The molecule has 1 aromatic rings. The van der Waals surface area contributed by atoms with Gasteiger partial charge in [-0.2, -0.15) is 0 Å². The molecule has 1 aliphatic carbocycles. The third kappa shape index (κ3) is 6.83. The molecule has 0 bridgehead atoms. The van der Waals surface area contributed by atoms with E-state index in [1.807, 2.05) is 11.0 Å². The van der Waals surface area contributed by atoms with Gasteiger partial charge in [0.05, 0.1) is 0 Å². The topological polar surface area (TPSA) is 60.0 Å². The van der Waals surface area contributed by atoms with Crippen molar-refractivity contribution >= 4 is 41.5 Å². The lowest BCUT2D eigenvalue weighted by atomic mass is 9.96. The first-order valence-electron chi connectivity index (χ1n) is 10.3. The number of carbonyl (C=O) groups is 1. The van der Waals surface area contributed by atoms with E-state index >= 15 is 0 Å². The minimum Gasteiger partial charge on any atom is -0.368 e. The number of carbonyl (C=O) groups excluding carboxylic acids is 1. The summed E-state index contributed by atoms with van der Waals surface area (Å²) in [6, 6.07) is 10.9. The van der Waals surface area contributed by atoms with E-state index in [0.29, 0.717) is 19.0 Å². The number of nitrogens with zero attached hydrogens (tertiary/aromatic N) is 3. The summed E-state index contributed by atoms with van der Waals surface area (Å²) >= 11 is 0. The second kappa shape index (κ2) is 12.1. The Balaban J connectivity index is 0.00000280. The van der Waals surface area contributed by atoms with E-state index in [2.05, 4.69) is 44.8 Å². The molecule has 7 heteroatoms. The highest BCUT2D eigenvalue weighted by Gasteiger charge is 2.21. The van der Waals surface area contributed by atoms with Gasteiger partial charge in [-0.3, -0.25) is 9.79 Å². The summed E-state index contributed by atoms with van der Waals surface area (Å²) in [6.45, 7) is 4.01. The number of guanidine groups is 1. The van der Waals surface area contributed by atoms with Crippen molar-refractivity contribution in [3.8, 4) is 0 Å². The molecule has 1 saturated carbocycles. The van der Waals surface area contributed by atoms with Gasteiger partial charge in [0.1, 0.15) is 0 Å². The van der Waals surface area contributed by atoms with Crippen molar-refractivity contribution in [1.29, 1.82) is 0 Å². The number of halogens is 1. The van der Waals surface area contributed by atoms with E-state index in [9.17, 15) is 4.79 Å². The van der Waals surface area contributed by atoms with Crippen molar-refractivity contribution in [3.63, 3.8) is 0 Å². The molecule has 1 saturated heterocycles. The highest BCUT2D eigenvalue weighted by Crippen LogP contribution is 2.17. The van der Waals surface area contributed by atoms with Gasteiger partial charge in [-0.15, -0.1) is 24.0 Å². The zero-order chi connectivity index (χ0) is 18.9. The van der Waals surface area contributed by atoms with Crippen LogP contribution in [0.15, 0.2) is 35.3 Å². The maximum atomic E-state index is 12.5. The third-order valence-corrected chi connectivity index (χ3v) is 5.55. The highest BCUT2D eigenvalue weighted by atomic mass is 127. The Labute approximate surface area is 186 Å². The summed E-state index contributed by atoms with van der Waals surface area (Å²) in [5.41, 5.74) is 1.24. The van der Waals surface area contributed by atoms with Gasteiger partial charge in [-0.1, -0.05) is 37.5 Å². The van der Waals surface area contributed by atoms with Crippen LogP contribution in [0.4, 0.5) is 5.69 Å². The molecule has 2 aliphatic rings. The molecule has 1 aliphatic heterocycles. The van der Waals surface area contributed by atoms with E-state index in [0.717, 1.165) is 32.1 Å². The monoisotopic (exact) mass is 499 g/mol. The first-order chi connectivity index (χ1) is 13.3. The molecule has 6 nitrogen and oxygen atoms in total. The average Bonchev–Trinajstić information content (AvgIpc) is 2.74. The summed E-state index contributed by atoms with van der Waals surface area (Å²) in [4.78, 5) is 21.1. The molecule has 1 heterocycles. The van der Waals surface area contributed by atoms with Gasteiger partial charge in [0.25, 0.3) is 0 Å². The van der Waals surface area contributed by atoms with Crippen LogP contribution in [0.5, 0.6) is 0 Å². The molecule has 3 rings (SSSR count). The van der Waals surface area contributed by atoms with Gasteiger partial charge in [0.2, 0.25) is 5.91 Å². The number of aliphatic imine (C=N–C) groups is 1. The Morgan fingerprint density at radius 2 is 1.75 bits per heavy atom. The molecule has 1 amide bonds. The number of hydrogen-bond acceptors (Lipinski definition) is 3. The summed E-state index contributed by atoms with van der Waals surface area (Å²) in [5, 5.41) is 6.79. The van der Waals surface area contributed by atoms with Crippen molar-refractivity contribution < 1.29 is 4.79 Å². The van der Waals surface area contributed by atoms with E-state index < -0.39 is 0 Å². The summed E-state index contributed by atoms with van der Waals surface area (Å²) in [7, 11) is 1.79. The number of piperazine rings is 1. The Kier molecular flexibility index (Phi) is 9.87. The van der Waals surface area contributed by atoms with Crippen molar-refractivity contribution in [2.24, 2.45) is 4.99 Å². The summed E-state index contributed by atoms with van der Waals surface area (Å²) in [5.74, 6) is 1.05. The Hall–Kier alpha value is -1.51. The fourth-order valence-electron chi connectivity index (χ4n) is 3.93. The fraction of sp³-hybridized carbons (Fsp3) is 0.619. The van der Waals surface area contributed by atoms with Gasteiger partial charge >= 0.3 is 0 Å². The fourth-order valence-corrected chi connectivity index (χ4v) is 3.93. The smallest absolute Gasteiger partial charge is 0.224 e. The first-order valence-corrected chi connectivity index (χ1v) is 10.3. The average molecular weight is 499 g/mol. The molecule has 28 heavy (non-hydrogen) atoms. The maximum absolute atomic E-state index is 12.5. The van der Waals surface area contributed by atoms with Gasteiger partial charge in [0, 0.05) is 57.9 Å². The lowest BCUT2D eigenvalue weighted by molar-refractivity contribution is -0.131. The summed E-state index contributed by atoms with van der Waals surface area (Å²) in [6.07, 6.45) is 6.87. The van der Waals surface area contributed by atoms with Crippen molar-refractivity contribution in [2.75, 3.05) is 44.7 Å². The zero-order valence-corrected chi connectivity index (χ0v) is 19.2. The molecule has 0 radical (unpaired) electrons.